The second-order valence-electron chi connectivity index (χ2n) is 7.87. The summed E-state index contributed by atoms with van der Waals surface area (Å²) in [6, 6.07) is 17.6. The van der Waals surface area contributed by atoms with E-state index >= 15 is 0 Å². The molecule has 7 nitrogen and oxygen atoms in total. The number of hydrogen-bond donors (Lipinski definition) is 0. The normalized spacial score (nSPS) is 10.6. The van der Waals surface area contributed by atoms with Crippen LogP contribution >= 0.6 is 24.8 Å². The molecular weight excluding hydrogens is 473 g/mol. The summed E-state index contributed by atoms with van der Waals surface area (Å²) in [7, 11) is 5.62. The van der Waals surface area contributed by atoms with Crippen LogP contribution in [0, 0.1) is 0 Å². The summed E-state index contributed by atoms with van der Waals surface area (Å²) in [5.41, 5.74) is 6.91. The maximum Gasteiger partial charge on any atom is 0.250 e. The average molecular weight is 498 g/mol. The zero-order valence-electron chi connectivity index (χ0n) is 19.0. The first-order chi connectivity index (χ1) is 15.5. The average Bonchev–Trinajstić information content (AvgIpc) is 3.37. The predicted octanol–water partition coefficient (Wildman–Crippen LogP) is 4.76. The van der Waals surface area contributed by atoms with Crippen molar-refractivity contribution in [3.8, 4) is 28.0 Å². The maximum absolute atomic E-state index is 11.7. The van der Waals surface area contributed by atoms with Gasteiger partial charge in [-0.25, -0.2) is 4.98 Å². The van der Waals surface area contributed by atoms with Gasteiger partial charge in [0.15, 0.2) is 0 Å². The van der Waals surface area contributed by atoms with Crippen LogP contribution in [-0.4, -0.2) is 23.9 Å². The fourth-order valence-corrected chi connectivity index (χ4v) is 3.91. The van der Waals surface area contributed by atoms with E-state index in [1.807, 2.05) is 73.8 Å². The lowest BCUT2D eigenvalue weighted by Crippen LogP contribution is -2.14. The van der Waals surface area contributed by atoms with Crippen LogP contribution in [0.15, 0.2) is 78.1 Å². The smallest absolute Gasteiger partial charge is 0.250 e. The summed E-state index contributed by atoms with van der Waals surface area (Å²) in [6.45, 7) is 0.328. The summed E-state index contributed by atoms with van der Waals surface area (Å²) in [4.78, 5) is 16.3. The summed E-state index contributed by atoms with van der Waals surface area (Å²) < 4.78 is 11.4. The Labute approximate surface area is 209 Å². The van der Waals surface area contributed by atoms with Gasteiger partial charge in [-0.3, -0.25) is 9.48 Å². The highest BCUT2D eigenvalue weighted by Crippen LogP contribution is 2.29. The number of benzene rings is 2. The van der Waals surface area contributed by atoms with Gasteiger partial charge in [0.1, 0.15) is 18.1 Å². The zero-order valence-corrected chi connectivity index (χ0v) is 20.6. The fraction of sp³-hybridized carbons (Fsp3) is 0.160. The number of aryl methyl sites for hydroxylation is 3. The van der Waals surface area contributed by atoms with E-state index in [9.17, 15) is 4.79 Å². The Kier molecular flexibility index (Phi) is 7.49. The standard InChI is InChI=1S/C25H23N5O2.2ClH/c1-28-13-18(9-12-24(28)31)21-14-30(3)27-22(21)15-32-19-10-7-17(8-11-19)20-5-4-6-23-25(20)26-16-29(23)2;;/h4-14,16H,15H2,1-3H3;2*1H. The van der Waals surface area contributed by atoms with Gasteiger partial charge in [-0.1, -0.05) is 24.3 Å². The largest absolute Gasteiger partial charge is 0.487 e. The van der Waals surface area contributed by atoms with E-state index in [-0.39, 0.29) is 30.4 Å². The molecule has 0 N–H and O–H groups in total. The molecule has 0 atom stereocenters. The Bertz CT molecular complexity index is 1490. The van der Waals surface area contributed by atoms with Crippen molar-refractivity contribution < 1.29 is 4.74 Å². The van der Waals surface area contributed by atoms with Gasteiger partial charge < -0.3 is 13.9 Å². The number of nitrogens with zero attached hydrogens (tertiary/aromatic N) is 5. The highest BCUT2D eigenvalue weighted by Gasteiger charge is 2.12. The zero-order chi connectivity index (χ0) is 22.2. The molecule has 5 rings (SSSR count). The van der Waals surface area contributed by atoms with Crippen molar-refractivity contribution in [2.45, 2.75) is 6.61 Å². The number of rotatable bonds is 5. The molecule has 0 spiro atoms. The monoisotopic (exact) mass is 497 g/mol. The van der Waals surface area contributed by atoms with Crippen molar-refractivity contribution in [1.82, 2.24) is 23.9 Å². The Hall–Kier alpha value is -3.55. The highest BCUT2D eigenvalue weighted by atomic mass is 35.5. The Morgan fingerprint density at radius 1 is 0.824 bits per heavy atom. The number of pyridine rings is 1. The third-order valence-electron chi connectivity index (χ3n) is 5.60. The fourth-order valence-electron chi connectivity index (χ4n) is 3.91. The van der Waals surface area contributed by atoms with Crippen molar-refractivity contribution in [3.05, 3.63) is 89.4 Å². The number of imidazole rings is 1. The molecule has 0 saturated carbocycles. The van der Waals surface area contributed by atoms with Crippen LogP contribution in [0.5, 0.6) is 5.75 Å². The molecule has 0 amide bonds. The number of halogens is 2. The van der Waals surface area contributed by atoms with Crippen molar-refractivity contribution in [2.24, 2.45) is 21.1 Å². The molecule has 3 heterocycles. The third-order valence-corrected chi connectivity index (χ3v) is 5.60. The van der Waals surface area contributed by atoms with Crippen molar-refractivity contribution in [3.63, 3.8) is 0 Å². The first-order valence-electron chi connectivity index (χ1n) is 10.3. The Balaban J connectivity index is 0.00000162. The first kappa shape index (κ1) is 25.1. The quantitative estimate of drug-likeness (QED) is 0.351. The number of hydrogen-bond acceptors (Lipinski definition) is 4. The second-order valence-corrected chi connectivity index (χ2v) is 7.87. The molecule has 2 aromatic carbocycles. The minimum absolute atomic E-state index is 0. The highest BCUT2D eigenvalue weighted by molar-refractivity contribution is 5.92. The van der Waals surface area contributed by atoms with Gasteiger partial charge in [0.2, 0.25) is 5.56 Å². The molecular formula is C25H25Cl2N5O2. The van der Waals surface area contributed by atoms with Crippen LogP contribution in [0.2, 0.25) is 0 Å². The molecule has 176 valence electrons. The van der Waals surface area contributed by atoms with Gasteiger partial charge in [-0.2, -0.15) is 5.10 Å². The topological polar surface area (TPSA) is 66.9 Å². The molecule has 0 unspecified atom stereocenters. The van der Waals surface area contributed by atoms with Crippen LogP contribution < -0.4 is 10.3 Å². The van der Waals surface area contributed by atoms with Crippen LogP contribution in [-0.2, 0) is 27.7 Å². The van der Waals surface area contributed by atoms with E-state index in [1.165, 1.54) is 0 Å². The van der Waals surface area contributed by atoms with Gasteiger partial charge >= 0.3 is 0 Å². The number of ether oxygens (including phenoxy) is 1. The number of aromatic nitrogens is 5. The van der Waals surface area contributed by atoms with Crippen molar-refractivity contribution >= 4 is 35.8 Å². The van der Waals surface area contributed by atoms with E-state index in [1.54, 1.807) is 22.4 Å². The van der Waals surface area contributed by atoms with E-state index in [0.717, 1.165) is 44.7 Å². The molecule has 34 heavy (non-hydrogen) atoms. The molecule has 0 bridgehead atoms. The first-order valence-corrected chi connectivity index (χ1v) is 10.3. The SMILES string of the molecule is Cl.Cl.Cn1cc(-c2ccc(=O)n(C)c2)c(COc2ccc(-c3cccc4c3ncn4C)cc2)n1. The molecule has 5 aromatic rings. The maximum atomic E-state index is 11.7. The van der Waals surface area contributed by atoms with Crippen LogP contribution in [0.3, 0.4) is 0 Å². The summed E-state index contributed by atoms with van der Waals surface area (Å²) in [6.07, 6.45) is 5.59. The molecule has 0 radical (unpaired) electrons. The minimum Gasteiger partial charge on any atom is -0.487 e. The third kappa shape index (κ3) is 4.71. The molecule has 0 aliphatic heterocycles. The van der Waals surface area contributed by atoms with E-state index in [0.29, 0.717) is 6.61 Å². The molecule has 0 aliphatic rings. The Morgan fingerprint density at radius 3 is 2.29 bits per heavy atom. The molecule has 3 aromatic heterocycles. The van der Waals surface area contributed by atoms with E-state index < -0.39 is 0 Å². The Morgan fingerprint density at radius 2 is 1.56 bits per heavy atom. The molecule has 0 fully saturated rings. The van der Waals surface area contributed by atoms with E-state index in [2.05, 4.69) is 22.2 Å². The molecule has 9 heteroatoms. The predicted molar refractivity (Wildman–Crippen MR) is 139 cm³/mol. The summed E-state index contributed by atoms with van der Waals surface area (Å²) in [5, 5.41) is 4.55. The summed E-state index contributed by atoms with van der Waals surface area (Å²) in [5.74, 6) is 0.763. The lowest BCUT2D eigenvalue weighted by molar-refractivity contribution is 0.300. The van der Waals surface area contributed by atoms with Gasteiger partial charge in [-0.15, -0.1) is 24.8 Å². The number of para-hydroxylation sites is 1. The lowest BCUT2D eigenvalue weighted by atomic mass is 10.0. The summed E-state index contributed by atoms with van der Waals surface area (Å²) >= 11 is 0. The molecule has 0 saturated heterocycles. The minimum atomic E-state index is -0.0445. The lowest BCUT2D eigenvalue weighted by Gasteiger charge is -2.09. The van der Waals surface area contributed by atoms with Crippen molar-refractivity contribution in [2.75, 3.05) is 0 Å². The second kappa shape index (κ2) is 10.2. The van der Waals surface area contributed by atoms with Crippen LogP contribution in [0.1, 0.15) is 5.69 Å². The molecule has 0 aliphatic carbocycles. The van der Waals surface area contributed by atoms with Crippen molar-refractivity contribution in [1.29, 1.82) is 0 Å². The van der Waals surface area contributed by atoms with Crippen LogP contribution in [0.4, 0.5) is 0 Å². The number of fused-ring (bicyclic) bond motifs is 1. The van der Waals surface area contributed by atoms with Gasteiger partial charge in [-0.05, 0) is 29.8 Å². The van der Waals surface area contributed by atoms with Crippen LogP contribution in [0.25, 0.3) is 33.3 Å². The van der Waals surface area contributed by atoms with Gasteiger partial charge in [0.05, 0.1) is 17.4 Å². The van der Waals surface area contributed by atoms with Gasteiger partial charge in [0, 0.05) is 56.3 Å². The van der Waals surface area contributed by atoms with E-state index in [4.69, 9.17) is 4.74 Å². The van der Waals surface area contributed by atoms with Gasteiger partial charge in [0.25, 0.3) is 0 Å².